The van der Waals surface area contributed by atoms with Crippen LogP contribution in [-0.2, 0) is 26.2 Å². The summed E-state index contributed by atoms with van der Waals surface area (Å²) in [6.07, 6.45) is 2.81. The molecular formula is C28H41N3O5S. The molecule has 0 spiro atoms. The van der Waals surface area contributed by atoms with Crippen molar-refractivity contribution in [1.82, 2.24) is 10.2 Å². The van der Waals surface area contributed by atoms with Gasteiger partial charge in [-0.05, 0) is 50.8 Å². The lowest BCUT2D eigenvalue weighted by molar-refractivity contribution is -0.141. The molecule has 0 aliphatic carbocycles. The second kappa shape index (κ2) is 14.0. The van der Waals surface area contributed by atoms with Gasteiger partial charge >= 0.3 is 0 Å². The highest BCUT2D eigenvalue weighted by atomic mass is 32.2. The summed E-state index contributed by atoms with van der Waals surface area (Å²) in [5.74, 6) is 0.182. The number of anilines is 1. The van der Waals surface area contributed by atoms with Crippen LogP contribution >= 0.6 is 0 Å². The number of methoxy groups -OCH3 is 1. The lowest BCUT2D eigenvalue weighted by Crippen LogP contribution is -2.50. The molecule has 0 saturated carbocycles. The molecule has 0 saturated heterocycles. The molecule has 0 aliphatic rings. The first-order valence-corrected chi connectivity index (χ1v) is 14.6. The Kier molecular flexibility index (Phi) is 11.4. The lowest BCUT2D eigenvalue weighted by atomic mass is 10.1. The molecule has 0 fully saturated rings. The number of nitrogens with one attached hydrogen (secondary N) is 1. The number of benzene rings is 2. The summed E-state index contributed by atoms with van der Waals surface area (Å²) in [6.45, 7) is 8.26. The topological polar surface area (TPSA) is 96.0 Å². The first-order chi connectivity index (χ1) is 17.5. The summed E-state index contributed by atoms with van der Waals surface area (Å²) in [5.41, 5.74) is 2.52. The molecular weight excluding hydrogens is 490 g/mol. The van der Waals surface area contributed by atoms with Crippen LogP contribution in [0.15, 0.2) is 48.5 Å². The van der Waals surface area contributed by atoms with Crippen LogP contribution in [0.1, 0.15) is 57.6 Å². The van der Waals surface area contributed by atoms with E-state index >= 15 is 0 Å². The van der Waals surface area contributed by atoms with E-state index in [1.807, 2.05) is 52.0 Å². The number of sulfonamides is 1. The van der Waals surface area contributed by atoms with Crippen molar-refractivity contribution < 1.29 is 22.7 Å². The third kappa shape index (κ3) is 9.07. The molecule has 37 heavy (non-hydrogen) atoms. The zero-order valence-corrected chi connectivity index (χ0v) is 23.7. The summed E-state index contributed by atoms with van der Waals surface area (Å²) < 4.78 is 31.6. The third-order valence-electron chi connectivity index (χ3n) is 6.35. The molecule has 1 N–H and O–H groups in total. The fraction of sp³-hybridized carbons (Fsp3) is 0.500. The Bertz CT molecular complexity index is 1130. The molecule has 204 valence electrons. The molecule has 0 heterocycles. The maximum atomic E-state index is 13.5. The van der Waals surface area contributed by atoms with E-state index in [-0.39, 0.29) is 30.8 Å². The average Bonchev–Trinajstić information content (AvgIpc) is 2.86. The largest absolute Gasteiger partial charge is 0.497 e. The first kappa shape index (κ1) is 30.2. The van der Waals surface area contributed by atoms with Gasteiger partial charge in [-0.2, -0.15) is 0 Å². The van der Waals surface area contributed by atoms with Gasteiger partial charge in [-0.25, -0.2) is 8.42 Å². The summed E-state index contributed by atoms with van der Waals surface area (Å²) in [7, 11) is -2.06. The standard InChI is InChI=1S/C28H41N3O5S/c1-7-22(4)29-28(33)26(8-2)30(20-23-16-14-21(3)15-17-23)27(32)13-10-18-31(37(6,34)35)24-11-9-12-25(19-24)36-5/h9,11-12,14-17,19,22,26H,7-8,10,13,18,20H2,1-6H3,(H,29,33)/t22-,26+/m1/s1. The van der Waals surface area contributed by atoms with Crippen LogP contribution in [0.5, 0.6) is 5.75 Å². The first-order valence-electron chi connectivity index (χ1n) is 12.8. The van der Waals surface area contributed by atoms with Gasteiger partial charge in [0, 0.05) is 31.6 Å². The molecule has 2 atom stereocenters. The smallest absolute Gasteiger partial charge is 0.243 e. The van der Waals surface area contributed by atoms with Gasteiger partial charge in [-0.15, -0.1) is 0 Å². The molecule has 2 rings (SSSR count). The van der Waals surface area contributed by atoms with E-state index in [1.165, 1.54) is 11.4 Å². The molecule has 0 aromatic heterocycles. The van der Waals surface area contributed by atoms with Crippen LogP contribution in [0, 0.1) is 6.92 Å². The van der Waals surface area contributed by atoms with E-state index in [9.17, 15) is 18.0 Å². The van der Waals surface area contributed by atoms with Crippen molar-refractivity contribution in [3.05, 3.63) is 59.7 Å². The Morgan fingerprint density at radius 1 is 1.05 bits per heavy atom. The average molecular weight is 532 g/mol. The van der Waals surface area contributed by atoms with Crippen molar-refractivity contribution in [2.45, 2.75) is 72.0 Å². The third-order valence-corrected chi connectivity index (χ3v) is 7.55. The summed E-state index contributed by atoms with van der Waals surface area (Å²) in [5, 5.41) is 3.01. The Labute approximate surface area is 222 Å². The minimum atomic E-state index is -3.58. The zero-order chi connectivity index (χ0) is 27.6. The molecule has 0 radical (unpaired) electrons. The highest BCUT2D eigenvalue weighted by Gasteiger charge is 2.29. The maximum absolute atomic E-state index is 13.5. The van der Waals surface area contributed by atoms with Crippen molar-refractivity contribution in [3.8, 4) is 5.75 Å². The summed E-state index contributed by atoms with van der Waals surface area (Å²) >= 11 is 0. The van der Waals surface area contributed by atoms with Gasteiger partial charge in [0.1, 0.15) is 11.8 Å². The molecule has 2 amide bonds. The van der Waals surface area contributed by atoms with Crippen LogP contribution in [0.2, 0.25) is 0 Å². The van der Waals surface area contributed by atoms with Gasteiger partial charge in [0.2, 0.25) is 21.8 Å². The molecule has 0 unspecified atom stereocenters. The SMILES string of the molecule is CC[C@@H](C)NC(=O)[C@H](CC)N(Cc1ccc(C)cc1)C(=O)CCCN(c1cccc(OC)c1)S(C)(=O)=O. The second-order valence-corrected chi connectivity index (χ2v) is 11.3. The van der Waals surface area contributed by atoms with Crippen molar-refractivity contribution in [2.75, 3.05) is 24.2 Å². The number of rotatable bonds is 14. The van der Waals surface area contributed by atoms with E-state index in [0.717, 1.165) is 23.8 Å². The van der Waals surface area contributed by atoms with Crippen molar-refractivity contribution in [2.24, 2.45) is 0 Å². The molecule has 8 nitrogen and oxygen atoms in total. The van der Waals surface area contributed by atoms with Crippen molar-refractivity contribution >= 4 is 27.5 Å². The second-order valence-electron chi connectivity index (χ2n) is 9.39. The van der Waals surface area contributed by atoms with Gasteiger partial charge in [-0.1, -0.05) is 49.7 Å². The Morgan fingerprint density at radius 3 is 2.30 bits per heavy atom. The minimum absolute atomic E-state index is 0.00376. The minimum Gasteiger partial charge on any atom is -0.497 e. The number of nitrogens with zero attached hydrogens (tertiary/aromatic N) is 2. The molecule has 0 aliphatic heterocycles. The van der Waals surface area contributed by atoms with Crippen LogP contribution in [0.25, 0.3) is 0 Å². The van der Waals surface area contributed by atoms with Gasteiger partial charge in [0.05, 0.1) is 19.1 Å². The predicted molar refractivity (Wildman–Crippen MR) is 148 cm³/mol. The van der Waals surface area contributed by atoms with Gasteiger partial charge in [-0.3, -0.25) is 13.9 Å². The van der Waals surface area contributed by atoms with Gasteiger partial charge < -0.3 is 15.0 Å². The molecule has 0 bridgehead atoms. The van der Waals surface area contributed by atoms with E-state index in [0.29, 0.717) is 30.8 Å². The number of carbonyl (C=O) groups excluding carboxylic acids is 2. The number of ether oxygens (including phenoxy) is 1. The van der Waals surface area contributed by atoms with Crippen LogP contribution < -0.4 is 14.4 Å². The lowest BCUT2D eigenvalue weighted by Gasteiger charge is -2.32. The van der Waals surface area contributed by atoms with E-state index in [4.69, 9.17) is 4.74 Å². The predicted octanol–water partition coefficient (Wildman–Crippen LogP) is 4.27. The monoisotopic (exact) mass is 531 g/mol. The van der Waals surface area contributed by atoms with E-state index in [2.05, 4.69) is 5.32 Å². The highest BCUT2D eigenvalue weighted by molar-refractivity contribution is 7.92. The quantitative estimate of drug-likeness (QED) is 0.393. The van der Waals surface area contributed by atoms with Crippen LogP contribution in [-0.4, -0.2) is 57.1 Å². The molecule has 2 aromatic carbocycles. The van der Waals surface area contributed by atoms with E-state index in [1.54, 1.807) is 29.2 Å². The zero-order valence-electron chi connectivity index (χ0n) is 22.9. The Morgan fingerprint density at radius 2 is 1.73 bits per heavy atom. The summed E-state index contributed by atoms with van der Waals surface area (Å²) in [6, 6.07) is 14.1. The van der Waals surface area contributed by atoms with Crippen LogP contribution in [0.4, 0.5) is 5.69 Å². The fourth-order valence-electron chi connectivity index (χ4n) is 4.02. The van der Waals surface area contributed by atoms with E-state index < -0.39 is 16.1 Å². The number of aryl methyl sites for hydroxylation is 1. The Hall–Kier alpha value is -3.07. The molecule has 2 aromatic rings. The van der Waals surface area contributed by atoms with Crippen LogP contribution in [0.3, 0.4) is 0 Å². The number of amides is 2. The number of hydrogen-bond acceptors (Lipinski definition) is 5. The normalized spacial score (nSPS) is 12.9. The van der Waals surface area contributed by atoms with Gasteiger partial charge in [0.25, 0.3) is 0 Å². The highest BCUT2D eigenvalue weighted by Crippen LogP contribution is 2.24. The molecule has 9 heteroatoms. The van der Waals surface area contributed by atoms with Crippen molar-refractivity contribution in [1.29, 1.82) is 0 Å². The fourth-order valence-corrected chi connectivity index (χ4v) is 4.98. The van der Waals surface area contributed by atoms with Gasteiger partial charge in [0.15, 0.2) is 0 Å². The van der Waals surface area contributed by atoms with Crippen molar-refractivity contribution in [3.63, 3.8) is 0 Å². The maximum Gasteiger partial charge on any atom is 0.243 e. The number of carbonyl (C=O) groups is 2. The summed E-state index contributed by atoms with van der Waals surface area (Å²) in [4.78, 5) is 28.2. The number of hydrogen-bond donors (Lipinski definition) is 1. The Balaban J connectivity index is 2.22.